The number of nitrogens with zero attached hydrogens (tertiary/aromatic N) is 2. The third-order valence-corrected chi connectivity index (χ3v) is 4.03. The van der Waals surface area contributed by atoms with E-state index in [1.165, 1.54) is 0 Å². The first kappa shape index (κ1) is 14.5. The molecule has 0 amide bonds. The van der Waals surface area contributed by atoms with Gasteiger partial charge in [0.25, 0.3) is 0 Å². The number of piperidine rings is 1. The molecule has 3 rings (SSSR count). The quantitative estimate of drug-likeness (QED) is 0.825. The Balaban J connectivity index is 1.51. The molecule has 0 bridgehead atoms. The summed E-state index contributed by atoms with van der Waals surface area (Å²) in [6.07, 6.45) is 2.15. The zero-order valence-corrected chi connectivity index (χ0v) is 12.2. The van der Waals surface area contributed by atoms with Gasteiger partial charge in [0.15, 0.2) is 11.5 Å². The molecule has 0 spiro atoms. The lowest BCUT2D eigenvalue weighted by molar-refractivity contribution is 0.0672. The zero-order valence-electron chi connectivity index (χ0n) is 12.2. The molecule has 1 aromatic carbocycles. The minimum absolute atomic E-state index is 0.0970. The Morgan fingerprint density at radius 1 is 1.24 bits per heavy atom. The predicted octanol–water partition coefficient (Wildman–Crippen LogP) is 2.02. The highest BCUT2D eigenvalue weighted by molar-refractivity contribution is 5.72. The van der Waals surface area contributed by atoms with Crippen LogP contribution in [-0.4, -0.2) is 54.4 Å². The van der Waals surface area contributed by atoms with E-state index in [0.717, 1.165) is 49.5 Å². The maximum Gasteiger partial charge on any atom is 0.198 e. The van der Waals surface area contributed by atoms with Gasteiger partial charge < -0.3 is 19.2 Å². The smallest absolute Gasteiger partial charge is 0.198 e. The second-order valence-corrected chi connectivity index (χ2v) is 5.47. The van der Waals surface area contributed by atoms with Crippen molar-refractivity contribution in [2.75, 3.05) is 39.5 Å². The predicted molar refractivity (Wildman–Crippen MR) is 80.3 cm³/mol. The lowest BCUT2D eigenvalue weighted by Crippen LogP contribution is -2.35. The maximum absolute atomic E-state index is 8.67. The van der Waals surface area contributed by atoms with Gasteiger partial charge in [-0.1, -0.05) is 12.1 Å². The molecule has 114 valence electrons. The van der Waals surface area contributed by atoms with E-state index in [0.29, 0.717) is 19.1 Å². The molecule has 21 heavy (non-hydrogen) atoms. The fourth-order valence-electron chi connectivity index (χ4n) is 2.83. The van der Waals surface area contributed by atoms with Gasteiger partial charge in [0.2, 0.25) is 0 Å². The molecule has 0 unspecified atom stereocenters. The van der Waals surface area contributed by atoms with E-state index in [1.54, 1.807) is 0 Å². The summed E-state index contributed by atoms with van der Waals surface area (Å²) >= 11 is 0. The number of ether oxygens (including phenoxy) is 1. The summed E-state index contributed by atoms with van der Waals surface area (Å²) < 4.78 is 11.2. The van der Waals surface area contributed by atoms with Gasteiger partial charge in [0.1, 0.15) is 5.52 Å². The third kappa shape index (κ3) is 3.61. The summed E-state index contributed by atoms with van der Waals surface area (Å²) in [6.45, 7) is 4.24. The van der Waals surface area contributed by atoms with Crippen molar-refractivity contribution in [3.8, 4) is 0 Å². The molecule has 1 aliphatic heterocycles. The highest BCUT2D eigenvalue weighted by atomic mass is 16.5. The number of benzene rings is 1. The summed E-state index contributed by atoms with van der Waals surface area (Å²) in [5.74, 6) is 1.30. The first-order chi connectivity index (χ1) is 10.4. The molecule has 1 aromatic heterocycles. The Bertz CT molecular complexity index is 528. The van der Waals surface area contributed by atoms with E-state index >= 15 is 0 Å². The molecule has 0 radical (unpaired) electrons. The van der Waals surface area contributed by atoms with Crippen LogP contribution in [0.25, 0.3) is 11.1 Å². The van der Waals surface area contributed by atoms with E-state index < -0.39 is 0 Å². The lowest BCUT2D eigenvalue weighted by Gasteiger charge is -2.30. The lowest BCUT2D eigenvalue weighted by atomic mass is 9.97. The van der Waals surface area contributed by atoms with Crippen LogP contribution in [0.2, 0.25) is 0 Å². The summed E-state index contributed by atoms with van der Waals surface area (Å²) in [6, 6.07) is 7.94. The monoisotopic (exact) mass is 290 g/mol. The van der Waals surface area contributed by atoms with Crippen LogP contribution in [0.5, 0.6) is 0 Å². The second kappa shape index (κ2) is 7.02. The first-order valence-corrected chi connectivity index (χ1v) is 7.63. The molecule has 2 heterocycles. The number of aromatic nitrogens is 1. The van der Waals surface area contributed by atoms with Crippen LogP contribution in [0.15, 0.2) is 28.7 Å². The van der Waals surface area contributed by atoms with Crippen LogP contribution in [-0.2, 0) is 4.74 Å². The fraction of sp³-hybridized carbons (Fsp3) is 0.562. The van der Waals surface area contributed by atoms with Crippen molar-refractivity contribution < 1.29 is 14.3 Å². The molecule has 5 heteroatoms. The normalized spacial score (nSPS) is 17.6. The van der Waals surface area contributed by atoms with Gasteiger partial charge in [0.05, 0.1) is 19.8 Å². The molecule has 1 saturated heterocycles. The molecule has 0 atom stereocenters. The number of fused-ring (bicyclic) bond motifs is 1. The topological polar surface area (TPSA) is 58.7 Å². The largest absolute Gasteiger partial charge is 0.440 e. The van der Waals surface area contributed by atoms with Crippen LogP contribution in [0.4, 0.5) is 0 Å². The van der Waals surface area contributed by atoms with Crippen LogP contribution >= 0.6 is 0 Å². The van der Waals surface area contributed by atoms with Crippen molar-refractivity contribution >= 4 is 11.1 Å². The SMILES string of the molecule is OCCOCCN1CCC(c2nc3ccccc3o2)CC1. The molecule has 0 saturated carbocycles. The van der Waals surface area contributed by atoms with E-state index in [1.807, 2.05) is 24.3 Å². The highest BCUT2D eigenvalue weighted by Gasteiger charge is 2.24. The highest BCUT2D eigenvalue weighted by Crippen LogP contribution is 2.29. The summed E-state index contributed by atoms with van der Waals surface area (Å²) in [5.41, 5.74) is 1.83. The fourth-order valence-corrected chi connectivity index (χ4v) is 2.83. The van der Waals surface area contributed by atoms with Crippen molar-refractivity contribution in [2.45, 2.75) is 18.8 Å². The van der Waals surface area contributed by atoms with E-state index in [2.05, 4.69) is 9.88 Å². The van der Waals surface area contributed by atoms with Gasteiger partial charge in [-0.3, -0.25) is 0 Å². The Kier molecular flexibility index (Phi) is 4.85. The van der Waals surface area contributed by atoms with Gasteiger partial charge >= 0.3 is 0 Å². The Hall–Kier alpha value is -1.43. The van der Waals surface area contributed by atoms with Crippen molar-refractivity contribution in [1.29, 1.82) is 0 Å². The zero-order chi connectivity index (χ0) is 14.5. The van der Waals surface area contributed by atoms with Gasteiger partial charge in [-0.15, -0.1) is 0 Å². The summed E-state index contributed by atoms with van der Waals surface area (Å²) in [7, 11) is 0. The van der Waals surface area contributed by atoms with Gasteiger partial charge in [-0.25, -0.2) is 4.98 Å². The number of hydrogen-bond acceptors (Lipinski definition) is 5. The Morgan fingerprint density at radius 3 is 2.81 bits per heavy atom. The third-order valence-electron chi connectivity index (χ3n) is 4.03. The van der Waals surface area contributed by atoms with E-state index in [9.17, 15) is 0 Å². The van der Waals surface area contributed by atoms with Crippen molar-refractivity contribution in [3.63, 3.8) is 0 Å². The molecule has 1 aliphatic rings. The molecule has 1 N–H and O–H groups in total. The van der Waals surface area contributed by atoms with E-state index in [-0.39, 0.29) is 6.61 Å². The molecule has 5 nitrogen and oxygen atoms in total. The number of para-hydroxylation sites is 2. The van der Waals surface area contributed by atoms with Crippen LogP contribution in [0, 0.1) is 0 Å². The van der Waals surface area contributed by atoms with Crippen LogP contribution < -0.4 is 0 Å². The molecule has 0 aliphatic carbocycles. The Labute approximate surface area is 124 Å². The summed E-state index contributed by atoms with van der Waals surface area (Å²) in [4.78, 5) is 7.01. The average molecular weight is 290 g/mol. The second-order valence-electron chi connectivity index (χ2n) is 5.47. The van der Waals surface area contributed by atoms with Crippen LogP contribution in [0.1, 0.15) is 24.7 Å². The first-order valence-electron chi connectivity index (χ1n) is 7.63. The minimum Gasteiger partial charge on any atom is -0.440 e. The number of likely N-dealkylation sites (tertiary alicyclic amines) is 1. The maximum atomic E-state index is 8.67. The number of aliphatic hydroxyl groups is 1. The summed E-state index contributed by atoms with van der Waals surface area (Å²) in [5, 5.41) is 8.67. The molecule has 2 aromatic rings. The van der Waals surface area contributed by atoms with Crippen molar-refractivity contribution in [3.05, 3.63) is 30.2 Å². The van der Waals surface area contributed by atoms with Gasteiger partial charge in [-0.2, -0.15) is 0 Å². The molecule has 1 fully saturated rings. The standard InChI is InChI=1S/C16H22N2O3/c19-10-12-20-11-9-18-7-5-13(6-8-18)16-17-14-3-1-2-4-15(14)21-16/h1-4,13,19H,5-12H2. The van der Waals surface area contributed by atoms with Crippen LogP contribution in [0.3, 0.4) is 0 Å². The van der Waals surface area contributed by atoms with Gasteiger partial charge in [0, 0.05) is 12.5 Å². The number of rotatable bonds is 6. The number of aliphatic hydroxyl groups excluding tert-OH is 1. The van der Waals surface area contributed by atoms with E-state index in [4.69, 9.17) is 14.3 Å². The van der Waals surface area contributed by atoms with Gasteiger partial charge in [-0.05, 0) is 38.1 Å². The van der Waals surface area contributed by atoms with Crippen molar-refractivity contribution in [1.82, 2.24) is 9.88 Å². The Morgan fingerprint density at radius 2 is 2.05 bits per heavy atom. The van der Waals surface area contributed by atoms with Crippen molar-refractivity contribution in [2.24, 2.45) is 0 Å². The minimum atomic E-state index is 0.0970. The average Bonchev–Trinajstić information content (AvgIpc) is 2.96. The number of oxazole rings is 1. The number of hydrogen-bond donors (Lipinski definition) is 1. The molecular weight excluding hydrogens is 268 g/mol. The molecular formula is C16H22N2O3.